The number of benzene rings is 4. The molecule has 0 bridgehead atoms. The molecule has 0 spiro atoms. The van der Waals surface area contributed by atoms with Crippen LogP contribution < -0.4 is 9.47 Å². The van der Waals surface area contributed by atoms with Crippen LogP contribution in [0, 0.1) is 0 Å². The van der Waals surface area contributed by atoms with Crippen molar-refractivity contribution >= 4 is 11.9 Å². The summed E-state index contributed by atoms with van der Waals surface area (Å²) in [5.74, 6) is 0.767. The van der Waals surface area contributed by atoms with Crippen LogP contribution in [0.15, 0.2) is 114 Å². The zero-order chi connectivity index (χ0) is 26.3. The van der Waals surface area contributed by atoms with E-state index in [-0.39, 0.29) is 5.90 Å². The molecule has 0 N–H and O–H groups in total. The van der Waals surface area contributed by atoms with E-state index in [1.807, 2.05) is 60.7 Å². The molecule has 0 amide bonds. The average Bonchev–Trinajstić information content (AvgIpc) is 3.41. The van der Waals surface area contributed by atoms with E-state index in [0.717, 1.165) is 11.1 Å². The van der Waals surface area contributed by atoms with Gasteiger partial charge in [0.15, 0.2) is 0 Å². The van der Waals surface area contributed by atoms with Crippen LogP contribution >= 0.6 is 0 Å². The summed E-state index contributed by atoms with van der Waals surface area (Å²) in [4.78, 5) is 14.5. The molecule has 0 unspecified atom stereocenters. The van der Waals surface area contributed by atoms with E-state index >= 15 is 0 Å². The van der Waals surface area contributed by atoms with Gasteiger partial charge < -0.3 is 14.2 Å². The average molecular weight is 505 g/mol. The summed E-state index contributed by atoms with van der Waals surface area (Å²) in [5.41, 5.74) is 3.95. The Morgan fingerprint density at radius 2 is 1.21 bits per heavy atom. The molecule has 1 aromatic heterocycles. The number of hydrogen-bond donors (Lipinski definition) is 0. The van der Waals surface area contributed by atoms with Gasteiger partial charge in [0.25, 0.3) is 0 Å². The summed E-state index contributed by atoms with van der Waals surface area (Å²) in [6.45, 7) is 0. The van der Waals surface area contributed by atoms with Crippen LogP contribution in [0.25, 0.3) is 22.5 Å². The second-order valence-corrected chi connectivity index (χ2v) is 8.16. The van der Waals surface area contributed by atoms with Crippen molar-refractivity contribution in [2.45, 2.75) is 0 Å². The Morgan fingerprint density at radius 3 is 1.76 bits per heavy atom. The standard InChI is InChI=1S/C30H24N4O4/c1-36-25-17-13-23(14-18-25)29(38-30(35)24-15-19-26(37-2)20-16-24)32-34-28(22-11-7-4-8-12-22)27(31-33-34)21-9-5-3-6-10-21/h3-20H,1-2H3/b32-29-. The van der Waals surface area contributed by atoms with Gasteiger partial charge in [0.05, 0.1) is 19.8 Å². The van der Waals surface area contributed by atoms with Gasteiger partial charge in [-0.1, -0.05) is 60.7 Å². The first-order valence-electron chi connectivity index (χ1n) is 11.8. The molecule has 0 radical (unpaired) electrons. The van der Waals surface area contributed by atoms with Gasteiger partial charge in [-0.2, -0.15) is 0 Å². The Balaban J connectivity index is 1.61. The van der Waals surface area contributed by atoms with Crippen LogP contribution in [-0.2, 0) is 4.74 Å². The highest BCUT2D eigenvalue weighted by atomic mass is 16.5. The minimum absolute atomic E-state index is 0.0511. The second kappa shape index (κ2) is 11.2. The normalized spacial score (nSPS) is 11.2. The number of ether oxygens (including phenoxy) is 3. The molecule has 0 saturated heterocycles. The molecule has 0 atom stereocenters. The fourth-order valence-corrected chi connectivity index (χ4v) is 3.81. The zero-order valence-electron chi connectivity index (χ0n) is 20.8. The van der Waals surface area contributed by atoms with Gasteiger partial charge in [-0.3, -0.25) is 0 Å². The van der Waals surface area contributed by atoms with Gasteiger partial charge in [-0.15, -0.1) is 15.0 Å². The minimum atomic E-state index is -0.577. The third kappa shape index (κ3) is 5.29. The van der Waals surface area contributed by atoms with Crippen LogP contribution in [-0.4, -0.2) is 41.2 Å². The zero-order valence-corrected chi connectivity index (χ0v) is 20.8. The summed E-state index contributed by atoms with van der Waals surface area (Å²) in [7, 11) is 3.15. The molecule has 38 heavy (non-hydrogen) atoms. The van der Waals surface area contributed by atoms with Crippen molar-refractivity contribution in [2.75, 3.05) is 14.2 Å². The lowest BCUT2D eigenvalue weighted by Gasteiger charge is -2.10. The maximum atomic E-state index is 13.1. The molecule has 0 aliphatic rings. The molecule has 0 saturated carbocycles. The fraction of sp³-hybridized carbons (Fsp3) is 0.0667. The van der Waals surface area contributed by atoms with Gasteiger partial charge >= 0.3 is 5.97 Å². The highest BCUT2D eigenvalue weighted by molar-refractivity contribution is 6.05. The van der Waals surface area contributed by atoms with E-state index in [4.69, 9.17) is 14.2 Å². The lowest BCUT2D eigenvalue weighted by molar-refractivity contribution is 0.0716. The van der Waals surface area contributed by atoms with Crippen molar-refractivity contribution < 1.29 is 19.0 Å². The first kappa shape index (κ1) is 24.5. The molecule has 188 valence electrons. The fourth-order valence-electron chi connectivity index (χ4n) is 3.81. The minimum Gasteiger partial charge on any atom is -0.497 e. The number of methoxy groups -OCH3 is 2. The number of hydrogen-bond acceptors (Lipinski definition) is 7. The van der Waals surface area contributed by atoms with Crippen LogP contribution in [0.1, 0.15) is 15.9 Å². The van der Waals surface area contributed by atoms with Gasteiger partial charge in [0.1, 0.15) is 22.9 Å². The lowest BCUT2D eigenvalue weighted by atomic mass is 10.1. The van der Waals surface area contributed by atoms with Gasteiger partial charge in [-0.05, 0) is 53.7 Å². The van der Waals surface area contributed by atoms with Crippen LogP contribution in [0.2, 0.25) is 0 Å². The summed E-state index contributed by atoms with van der Waals surface area (Å²) in [6, 6.07) is 33.1. The highest BCUT2D eigenvalue weighted by Crippen LogP contribution is 2.30. The largest absolute Gasteiger partial charge is 0.497 e. The highest BCUT2D eigenvalue weighted by Gasteiger charge is 2.20. The Kier molecular flexibility index (Phi) is 7.22. The van der Waals surface area contributed by atoms with Crippen molar-refractivity contribution in [3.63, 3.8) is 0 Å². The molecule has 4 aromatic carbocycles. The van der Waals surface area contributed by atoms with Crippen molar-refractivity contribution in [2.24, 2.45) is 5.10 Å². The van der Waals surface area contributed by atoms with Crippen molar-refractivity contribution in [3.05, 3.63) is 120 Å². The summed E-state index contributed by atoms with van der Waals surface area (Å²) >= 11 is 0. The molecular formula is C30H24N4O4. The molecule has 8 nitrogen and oxygen atoms in total. The maximum Gasteiger partial charge on any atom is 0.344 e. The monoisotopic (exact) mass is 504 g/mol. The second-order valence-electron chi connectivity index (χ2n) is 8.16. The quantitative estimate of drug-likeness (QED) is 0.161. The first-order chi connectivity index (χ1) is 18.7. The molecule has 1 heterocycles. The predicted octanol–water partition coefficient (Wildman–Crippen LogP) is 5.70. The molecule has 8 heteroatoms. The van der Waals surface area contributed by atoms with Gasteiger partial charge in [-0.25, -0.2) is 4.79 Å². The van der Waals surface area contributed by atoms with Crippen LogP contribution in [0.5, 0.6) is 11.5 Å². The summed E-state index contributed by atoms with van der Waals surface area (Å²) in [6.07, 6.45) is 0. The molecular weight excluding hydrogens is 480 g/mol. The Hall–Kier alpha value is -5.24. The number of esters is 1. The predicted molar refractivity (Wildman–Crippen MR) is 144 cm³/mol. The maximum absolute atomic E-state index is 13.1. The topological polar surface area (TPSA) is 87.8 Å². The summed E-state index contributed by atoms with van der Waals surface area (Å²) < 4.78 is 16.3. The van der Waals surface area contributed by atoms with E-state index in [9.17, 15) is 4.79 Å². The number of aromatic nitrogens is 3. The summed E-state index contributed by atoms with van der Waals surface area (Å²) in [5, 5.41) is 13.4. The van der Waals surface area contributed by atoms with Gasteiger partial charge in [0, 0.05) is 16.7 Å². The van der Waals surface area contributed by atoms with E-state index < -0.39 is 5.97 Å². The van der Waals surface area contributed by atoms with E-state index in [1.165, 1.54) is 4.79 Å². The smallest absolute Gasteiger partial charge is 0.344 e. The number of carbonyl (C=O) groups is 1. The SMILES string of the molecule is COc1ccc(C(=O)O/C(=N\n2nnc(-c3ccccc3)c2-c2ccccc2)c2ccc(OC)cc2)cc1. The number of rotatable bonds is 7. The number of carbonyl (C=O) groups excluding carboxylic acids is 1. The molecule has 0 fully saturated rings. The van der Waals surface area contributed by atoms with Crippen molar-refractivity contribution in [1.82, 2.24) is 15.1 Å². The van der Waals surface area contributed by atoms with E-state index in [0.29, 0.717) is 34.0 Å². The molecule has 5 aromatic rings. The molecule has 0 aliphatic carbocycles. The number of nitrogens with zero attached hydrogens (tertiary/aromatic N) is 4. The molecule has 0 aliphatic heterocycles. The van der Waals surface area contributed by atoms with Crippen molar-refractivity contribution in [1.29, 1.82) is 0 Å². The first-order valence-corrected chi connectivity index (χ1v) is 11.8. The molecule has 5 rings (SSSR count). The lowest BCUT2D eigenvalue weighted by Crippen LogP contribution is -2.16. The Labute approximate surface area is 219 Å². The Bertz CT molecular complexity index is 1550. The third-order valence-corrected chi connectivity index (χ3v) is 5.79. The van der Waals surface area contributed by atoms with E-state index in [1.54, 1.807) is 62.8 Å². The van der Waals surface area contributed by atoms with Gasteiger partial charge in [0.2, 0.25) is 5.90 Å². The third-order valence-electron chi connectivity index (χ3n) is 5.79. The van der Waals surface area contributed by atoms with Crippen molar-refractivity contribution in [3.8, 4) is 34.0 Å². The van der Waals surface area contributed by atoms with E-state index in [2.05, 4.69) is 15.4 Å². The Morgan fingerprint density at radius 1 is 0.684 bits per heavy atom. The van der Waals surface area contributed by atoms with Crippen LogP contribution in [0.4, 0.5) is 0 Å². The van der Waals surface area contributed by atoms with Crippen LogP contribution in [0.3, 0.4) is 0 Å².